The zero-order chi connectivity index (χ0) is 15.9. The van der Waals surface area contributed by atoms with E-state index in [4.69, 9.17) is 16.7 Å². The summed E-state index contributed by atoms with van der Waals surface area (Å²) >= 11 is 7.43. The Kier molecular flexibility index (Phi) is 5.05. The van der Waals surface area contributed by atoms with Crippen molar-refractivity contribution in [2.45, 2.75) is 29.0 Å². The first-order valence-electron chi connectivity index (χ1n) is 6.87. The minimum absolute atomic E-state index is 0. The molecule has 1 aromatic carbocycles. The lowest BCUT2D eigenvalue weighted by atomic mass is 9.96. The Labute approximate surface area is 142 Å². The van der Waals surface area contributed by atoms with E-state index in [0.29, 0.717) is 17.0 Å². The fraction of sp³-hybridized carbons (Fsp3) is 0.333. The molecule has 0 saturated heterocycles. The van der Waals surface area contributed by atoms with Gasteiger partial charge in [-0.1, -0.05) is 23.7 Å². The van der Waals surface area contributed by atoms with Crippen LogP contribution in [0.1, 0.15) is 18.4 Å². The number of carboxylic acid groups (broad SMARTS) is 1. The summed E-state index contributed by atoms with van der Waals surface area (Å²) in [6.07, 6.45) is 4.08. The third-order valence-electron chi connectivity index (χ3n) is 3.90. The Balaban J connectivity index is 0.00000192. The molecule has 2 aromatic rings. The van der Waals surface area contributed by atoms with Crippen LogP contribution in [-0.2, 0) is 17.6 Å². The number of rotatable bonds is 4. The maximum Gasteiger partial charge on any atom is 0.321 e. The molecule has 0 aliphatic carbocycles. The monoisotopic (exact) mass is 356 g/mol. The van der Waals surface area contributed by atoms with Crippen LogP contribution in [0.15, 0.2) is 41.8 Å². The lowest BCUT2D eigenvalue weighted by Crippen LogP contribution is -2.58. The Morgan fingerprint density at radius 3 is 2.70 bits per heavy atom. The minimum Gasteiger partial charge on any atom is -0.870 e. The number of carbonyl (C=O) groups is 1. The van der Waals surface area contributed by atoms with Gasteiger partial charge in [0.1, 0.15) is 12.4 Å². The lowest BCUT2D eigenvalue weighted by Gasteiger charge is -2.26. The molecule has 0 bridgehead atoms. The quantitative estimate of drug-likeness (QED) is 0.814. The van der Waals surface area contributed by atoms with Crippen molar-refractivity contribution >= 4 is 29.3 Å². The van der Waals surface area contributed by atoms with Gasteiger partial charge in [0, 0.05) is 17.0 Å². The molecule has 2 atom stereocenters. The van der Waals surface area contributed by atoms with Gasteiger partial charge in [0.25, 0.3) is 0 Å². The Morgan fingerprint density at radius 2 is 2.09 bits per heavy atom. The van der Waals surface area contributed by atoms with E-state index in [-0.39, 0.29) is 17.1 Å². The molecule has 1 aliphatic heterocycles. The average Bonchev–Trinajstić information content (AvgIpc) is 2.97. The van der Waals surface area contributed by atoms with E-state index in [0.717, 1.165) is 5.16 Å². The molecule has 0 amide bonds. The zero-order valence-corrected chi connectivity index (χ0v) is 14.0. The molecule has 0 saturated carbocycles. The van der Waals surface area contributed by atoms with Crippen molar-refractivity contribution < 1.29 is 25.1 Å². The number of aromatic nitrogens is 2. The lowest BCUT2D eigenvalue weighted by molar-refractivity contribution is -0.818. The van der Waals surface area contributed by atoms with Gasteiger partial charge in [0.2, 0.25) is 5.72 Å². The van der Waals surface area contributed by atoms with Gasteiger partial charge < -0.3 is 15.7 Å². The van der Waals surface area contributed by atoms with E-state index < -0.39 is 11.7 Å². The van der Waals surface area contributed by atoms with Crippen molar-refractivity contribution in [2.24, 2.45) is 7.05 Å². The molecule has 1 aromatic heterocycles. The molecular formula is C15H17ClN2O4S. The molecule has 2 heterocycles. The number of aliphatic carboxylic acids is 1. The van der Waals surface area contributed by atoms with E-state index in [2.05, 4.69) is 0 Å². The first-order valence-corrected chi connectivity index (χ1v) is 8.13. The third kappa shape index (κ3) is 2.97. The predicted octanol–water partition coefficient (Wildman–Crippen LogP) is 1.82. The van der Waals surface area contributed by atoms with E-state index >= 15 is 0 Å². The van der Waals surface area contributed by atoms with Gasteiger partial charge in [-0.3, -0.25) is 4.79 Å². The maximum atomic E-state index is 11.4. The molecule has 6 nitrogen and oxygen atoms in total. The highest BCUT2D eigenvalue weighted by atomic mass is 35.5. The Morgan fingerprint density at radius 1 is 1.43 bits per heavy atom. The second kappa shape index (κ2) is 6.52. The number of aliphatic hydroxyl groups is 1. The first kappa shape index (κ1) is 17.8. The molecule has 0 radical (unpaired) electrons. The van der Waals surface area contributed by atoms with Crippen molar-refractivity contribution in [3.63, 3.8) is 0 Å². The number of nitrogens with zero attached hydrogens (tertiary/aromatic N) is 2. The summed E-state index contributed by atoms with van der Waals surface area (Å²) in [4.78, 5) is 10.9. The van der Waals surface area contributed by atoms with Crippen molar-refractivity contribution in [1.82, 2.24) is 4.57 Å². The summed E-state index contributed by atoms with van der Waals surface area (Å²) in [6.45, 7) is 0. The van der Waals surface area contributed by atoms with Gasteiger partial charge in [0.15, 0.2) is 0 Å². The second-order valence-corrected chi connectivity index (χ2v) is 6.94. The van der Waals surface area contributed by atoms with Crippen LogP contribution in [0.3, 0.4) is 0 Å². The van der Waals surface area contributed by atoms with Crippen LogP contribution in [0.25, 0.3) is 0 Å². The van der Waals surface area contributed by atoms with Gasteiger partial charge in [-0.25, -0.2) is 4.57 Å². The zero-order valence-electron chi connectivity index (χ0n) is 12.4. The van der Waals surface area contributed by atoms with Gasteiger partial charge in [-0.15, -0.1) is 0 Å². The van der Waals surface area contributed by atoms with Crippen LogP contribution < -0.4 is 4.57 Å². The number of carboxylic acids is 1. The fourth-order valence-corrected chi connectivity index (χ4v) is 4.33. The molecule has 0 fully saturated rings. The van der Waals surface area contributed by atoms with E-state index in [9.17, 15) is 9.90 Å². The summed E-state index contributed by atoms with van der Waals surface area (Å²) < 4.78 is 3.72. The molecule has 3 N–H and O–H groups in total. The predicted molar refractivity (Wildman–Crippen MR) is 84.8 cm³/mol. The summed E-state index contributed by atoms with van der Waals surface area (Å²) in [5, 5.41) is 21.6. The molecule has 8 heteroatoms. The third-order valence-corrected chi connectivity index (χ3v) is 5.70. The smallest absolute Gasteiger partial charge is 0.321 e. The van der Waals surface area contributed by atoms with Crippen molar-refractivity contribution in [2.75, 3.05) is 0 Å². The number of imidazole rings is 1. The van der Waals surface area contributed by atoms with E-state index in [1.54, 1.807) is 28.8 Å². The highest BCUT2D eigenvalue weighted by molar-refractivity contribution is 7.99. The van der Waals surface area contributed by atoms with Crippen LogP contribution in [-0.4, -0.2) is 31.5 Å². The van der Waals surface area contributed by atoms with Crippen LogP contribution >= 0.6 is 23.4 Å². The highest BCUT2D eigenvalue weighted by Gasteiger charge is 2.54. The molecule has 3 rings (SSSR count). The van der Waals surface area contributed by atoms with E-state index in [1.165, 1.54) is 11.8 Å². The van der Waals surface area contributed by atoms with Crippen molar-refractivity contribution in [3.8, 4) is 0 Å². The first-order chi connectivity index (χ1) is 10.4. The molecular weight excluding hydrogens is 340 g/mol. The summed E-state index contributed by atoms with van der Waals surface area (Å²) in [6, 6.07) is 7.03. The van der Waals surface area contributed by atoms with Gasteiger partial charge >= 0.3 is 11.1 Å². The summed E-state index contributed by atoms with van der Waals surface area (Å²) in [5.74, 6) is -0.861. The molecule has 23 heavy (non-hydrogen) atoms. The minimum atomic E-state index is -1.28. The molecule has 0 spiro atoms. The summed E-state index contributed by atoms with van der Waals surface area (Å²) in [5.41, 5.74) is -0.573. The van der Waals surface area contributed by atoms with Crippen LogP contribution in [0.2, 0.25) is 5.02 Å². The molecule has 2 unspecified atom stereocenters. The summed E-state index contributed by atoms with van der Waals surface area (Å²) in [7, 11) is 1.90. The van der Waals surface area contributed by atoms with Crippen LogP contribution in [0, 0.1) is 0 Å². The molecule has 1 aliphatic rings. The van der Waals surface area contributed by atoms with Gasteiger partial charge in [0.05, 0.1) is 12.3 Å². The number of benzene rings is 1. The van der Waals surface area contributed by atoms with Crippen molar-refractivity contribution in [1.29, 1.82) is 0 Å². The van der Waals surface area contributed by atoms with Gasteiger partial charge in [-0.2, -0.15) is 4.57 Å². The molecule has 124 valence electrons. The van der Waals surface area contributed by atoms with Gasteiger partial charge in [-0.05, 0) is 30.3 Å². The topological polar surface area (TPSA) is 96.3 Å². The standard InChI is InChI=1S/C15H15ClN2O3S.H2O/c1-17-8-9-18-14(17)22-12(6-7-13(19)20)15(18,21)10-2-4-11(16)5-3-10;/h2-5,8-9,12,21H,6-7H2,1H3;1H2. The number of hydrogen-bond donors (Lipinski definition) is 2. The normalized spacial score (nSPS) is 22.5. The number of aryl methyl sites for hydroxylation is 1. The fourth-order valence-electron chi connectivity index (χ4n) is 2.76. The average molecular weight is 357 g/mol. The maximum absolute atomic E-state index is 11.4. The van der Waals surface area contributed by atoms with Crippen LogP contribution in [0.5, 0.6) is 0 Å². The Bertz CT molecular complexity index is 719. The van der Waals surface area contributed by atoms with Crippen LogP contribution in [0.4, 0.5) is 0 Å². The number of halogens is 1. The Hall–Kier alpha value is -1.54. The largest absolute Gasteiger partial charge is 0.870 e. The number of hydrogen-bond acceptors (Lipinski definition) is 4. The highest BCUT2D eigenvalue weighted by Crippen LogP contribution is 2.42. The number of fused-ring (bicyclic) bond motifs is 1. The SMILES string of the molecule is Cn1cc[n+]2c1SC(CCC(=O)O)C2(O)c1ccc(Cl)cc1.[OH-]. The van der Waals surface area contributed by atoms with E-state index in [1.807, 2.05) is 24.0 Å². The van der Waals surface area contributed by atoms with Crippen molar-refractivity contribution in [3.05, 3.63) is 47.2 Å². The number of thioether (sulfide) groups is 1. The second-order valence-electron chi connectivity index (χ2n) is 5.33.